The number of benzene rings is 3. The van der Waals surface area contributed by atoms with Gasteiger partial charge in [0.1, 0.15) is 24.1 Å². The predicted molar refractivity (Wildman–Crippen MR) is 110 cm³/mol. The minimum Gasteiger partial charge on any atom is -0.497 e. The molecule has 0 aromatic heterocycles. The molecule has 3 aromatic carbocycles. The predicted octanol–water partition coefficient (Wildman–Crippen LogP) is 3.80. The van der Waals surface area contributed by atoms with Gasteiger partial charge in [0.05, 0.1) is 12.7 Å². The van der Waals surface area contributed by atoms with Crippen LogP contribution in [0.3, 0.4) is 0 Å². The third-order valence-corrected chi connectivity index (χ3v) is 4.89. The Morgan fingerprint density at radius 2 is 1.38 bits per heavy atom. The summed E-state index contributed by atoms with van der Waals surface area (Å²) in [6.07, 6.45) is -1.13. The molecule has 0 heterocycles. The van der Waals surface area contributed by atoms with Crippen LogP contribution in [-0.2, 0) is 15.1 Å². The standard InChI is InChI=1S/C24H24O5/c1-27-21-15-13-18(14-16-21)23(26)29-17-22(25)24(28-2,19-9-5-3-6-10-19)20-11-7-4-8-12-20/h3-16,22,25H,17H2,1-2H3. The van der Waals surface area contributed by atoms with Gasteiger partial charge in [-0.25, -0.2) is 4.79 Å². The summed E-state index contributed by atoms with van der Waals surface area (Å²) in [4.78, 5) is 12.4. The molecule has 0 aliphatic rings. The second kappa shape index (κ2) is 9.37. The summed E-state index contributed by atoms with van der Waals surface area (Å²) in [6, 6.07) is 25.4. The van der Waals surface area contributed by atoms with Crippen molar-refractivity contribution < 1.29 is 24.1 Å². The molecule has 0 saturated carbocycles. The van der Waals surface area contributed by atoms with Gasteiger partial charge in [0, 0.05) is 7.11 Å². The van der Waals surface area contributed by atoms with Gasteiger partial charge >= 0.3 is 5.97 Å². The van der Waals surface area contributed by atoms with E-state index in [9.17, 15) is 9.90 Å². The van der Waals surface area contributed by atoms with Crippen molar-refractivity contribution in [1.29, 1.82) is 0 Å². The van der Waals surface area contributed by atoms with Crippen molar-refractivity contribution in [2.75, 3.05) is 20.8 Å². The third-order valence-electron chi connectivity index (χ3n) is 4.89. The highest BCUT2D eigenvalue weighted by atomic mass is 16.6. The van der Waals surface area contributed by atoms with E-state index < -0.39 is 17.7 Å². The SMILES string of the molecule is COc1ccc(C(=O)OCC(O)C(OC)(c2ccccc2)c2ccccc2)cc1. The molecule has 0 aliphatic heterocycles. The van der Waals surface area contributed by atoms with Crippen molar-refractivity contribution in [2.45, 2.75) is 11.7 Å². The van der Waals surface area contributed by atoms with Crippen LogP contribution in [0.25, 0.3) is 0 Å². The van der Waals surface area contributed by atoms with E-state index in [0.717, 1.165) is 11.1 Å². The molecule has 150 valence electrons. The molecule has 0 spiro atoms. The van der Waals surface area contributed by atoms with E-state index in [2.05, 4.69) is 0 Å². The van der Waals surface area contributed by atoms with Gasteiger partial charge in [-0.05, 0) is 35.4 Å². The second-order valence-corrected chi connectivity index (χ2v) is 6.51. The molecule has 0 saturated heterocycles. The summed E-state index contributed by atoms with van der Waals surface area (Å²) in [7, 11) is 3.09. The smallest absolute Gasteiger partial charge is 0.338 e. The minimum atomic E-state index is -1.18. The molecule has 0 radical (unpaired) electrons. The van der Waals surface area contributed by atoms with Crippen molar-refractivity contribution in [3.05, 3.63) is 102 Å². The highest BCUT2D eigenvalue weighted by molar-refractivity contribution is 5.89. The zero-order valence-corrected chi connectivity index (χ0v) is 16.4. The molecular formula is C24H24O5. The third kappa shape index (κ3) is 4.31. The number of methoxy groups -OCH3 is 2. The lowest BCUT2D eigenvalue weighted by Crippen LogP contribution is -2.45. The zero-order chi connectivity index (χ0) is 20.7. The monoisotopic (exact) mass is 392 g/mol. The molecule has 3 aromatic rings. The van der Waals surface area contributed by atoms with E-state index in [0.29, 0.717) is 11.3 Å². The molecule has 0 bridgehead atoms. The van der Waals surface area contributed by atoms with Gasteiger partial charge in [-0.1, -0.05) is 60.7 Å². The van der Waals surface area contributed by atoms with Crippen LogP contribution in [-0.4, -0.2) is 38.0 Å². The Hall–Kier alpha value is -3.15. The molecule has 1 N–H and O–H groups in total. The molecule has 0 amide bonds. The number of hydrogen-bond donors (Lipinski definition) is 1. The number of carbonyl (C=O) groups excluding carboxylic acids is 1. The number of carbonyl (C=O) groups is 1. The summed E-state index contributed by atoms with van der Waals surface area (Å²) in [6.45, 7) is -0.234. The Labute approximate surface area is 170 Å². The number of esters is 1. The first-order valence-electron chi connectivity index (χ1n) is 9.27. The molecule has 3 rings (SSSR count). The van der Waals surface area contributed by atoms with Crippen LogP contribution in [0.5, 0.6) is 5.75 Å². The normalized spacial score (nSPS) is 12.2. The van der Waals surface area contributed by atoms with Gasteiger partial charge in [-0.3, -0.25) is 0 Å². The summed E-state index contributed by atoms with van der Waals surface area (Å²) in [5.41, 5.74) is 0.728. The molecule has 5 nitrogen and oxygen atoms in total. The Balaban J connectivity index is 1.85. The van der Waals surface area contributed by atoms with Gasteiger partial charge in [-0.15, -0.1) is 0 Å². The Morgan fingerprint density at radius 3 is 1.83 bits per heavy atom. The lowest BCUT2D eigenvalue weighted by molar-refractivity contribution is -0.100. The van der Waals surface area contributed by atoms with Crippen LogP contribution in [0.15, 0.2) is 84.9 Å². The number of aliphatic hydroxyl groups is 1. The fourth-order valence-corrected chi connectivity index (χ4v) is 3.38. The summed E-state index contributed by atoms with van der Waals surface area (Å²) in [5, 5.41) is 11.1. The van der Waals surface area contributed by atoms with Gasteiger partial charge in [0.2, 0.25) is 0 Å². The highest BCUT2D eigenvalue weighted by Crippen LogP contribution is 2.36. The Morgan fingerprint density at radius 1 is 0.862 bits per heavy atom. The van der Waals surface area contributed by atoms with E-state index in [1.807, 2.05) is 60.7 Å². The van der Waals surface area contributed by atoms with E-state index in [1.54, 1.807) is 31.4 Å². The van der Waals surface area contributed by atoms with Crippen LogP contribution in [0, 0.1) is 0 Å². The second-order valence-electron chi connectivity index (χ2n) is 6.51. The quantitative estimate of drug-likeness (QED) is 0.591. The van der Waals surface area contributed by atoms with Gasteiger partial charge in [0.15, 0.2) is 0 Å². The van der Waals surface area contributed by atoms with Crippen LogP contribution in [0.4, 0.5) is 0 Å². The van der Waals surface area contributed by atoms with Gasteiger partial charge in [-0.2, -0.15) is 0 Å². The highest BCUT2D eigenvalue weighted by Gasteiger charge is 2.42. The van der Waals surface area contributed by atoms with Crippen molar-refractivity contribution in [1.82, 2.24) is 0 Å². The summed E-state index contributed by atoms with van der Waals surface area (Å²) < 4.78 is 16.4. The number of aliphatic hydroxyl groups excluding tert-OH is 1. The molecular weight excluding hydrogens is 368 g/mol. The van der Waals surface area contributed by atoms with Gasteiger partial charge in [0.25, 0.3) is 0 Å². The maximum absolute atomic E-state index is 12.4. The number of ether oxygens (including phenoxy) is 3. The topological polar surface area (TPSA) is 65.0 Å². The average molecular weight is 392 g/mol. The average Bonchev–Trinajstić information content (AvgIpc) is 2.80. The minimum absolute atomic E-state index is 0.234. The molecule has 29 heavy (non-hydrogen) atoms. The van der Waals surface area contributed by atoms with E-state index >= 15 is 0 Å². The Bertz CT molecular complexity index is 868. The van der Waals surface area contributed by atoms with Crippen molar-refractivity contribution >= 4 is 5.97 Å². The van der Waals surface area contributed by atoms with E-state index in [-0.39, 0.29) is 6.61 Å². The lowest BCUT2D eigenvalue weighted by atomic mass is 9.81. The fraction of sp³-hybridized carbons (Fsp3) is 0.208. The first-order valence-corrected chi connectivity index (χ1v) is 9.27. The van der Waals surface area contributed by atoms with Gasteiger partial charge < -0.3 is 19.3 Å². The maximum atomic E-state index is 12.4. The lowest BCUT2D eigenvalue weighted by Gasteiger charge is -2.37. The molecule has 1 atom stereocenters. The van der Waals surface area contributed by atoms with E-state index in [1.165, 1.54) is 7.11 Å². The largest absolute Gasteiger partial charge is 0.497 e. The first kappa shape index (κ1) is 20.6. The fourth-order valence-electron chi connectivity index (χ4n) is 3.38. The molecule has 1 unspecified atom stereocenters. The first-order chi connectivity index (χ1) is 14.1. The number of rotatable bonds is 8. The van der Waals surface area contributed by atoms with Crippen LogP contribution < -0.4 is 4.74 Å². The summed E-state index contributed by atoms with van der Waals surface area (Å²) >= 11 is 0. The van der Waals surface area contributed by atoms with Crippen molar-refractivity contribution in [3.63, 3.8) is 0 Å². The van der Waals surface area contributed by atoms with E-state index in [4.69, 9.17) is 14.2 Å². The molecule has 5 heteroatoms. The van der Waals surface area contributed by atoms with Crippen LogP contribution in [0.1, 0.15) is 21.5 Å². The van der Waals surface area contributed by atoms with Crippen molar-refractivity contribution in [2.24, 2.45) is 0 Å². The van der Waals surface area contributed by atoms with Crippen LogP contribution in [0.2, 0.25) is 0 Å². The zero-order valence-electron chi connectivity index (χ0n) is 16.4. The molecule has 0 fully saturated rings. The van der Waals surface area contributed by atoms with Crippen molar-refractivity contribution in [3.8, 4) is 5.75 Å². The summed E-state index contributed by atoms with van der Waals surface area (Å²) in [5.74, 6) is 0.117. The number of hydrogen-bond acceptors (Lipinski definition) is 5. The van der Waals surface area contributed by atoms with Crippen LogP contribution >= 0.6 is 0 Å². The molecule has 0 aliphatic carbocycles. The Kier molecular flexibility index (Phi) is 6.65. The maximum Gasteiger partial charge on any atom is 0.338 e.